The smallest absolute Gasteiger partial charge is 0.107 e. The van der Waals surface area contributed by atoms with E-state index in [0.717, 1.165) is 19.4 Å². The van der Waals surface area contributed by atoms with E-state index in [1.165, 1.54) is 4.88 Å². The molecule has 2 unspecified atom stereocenters. The SMILES string of the molecule is CCC(N)C(OCCC(C)(C)C)c1cccs1. The third-order valence-electron chi connectivity index (χ3n) is 2.83. The lowest BCUT2D eigenvalue weighted by atomic mass is 9.93. The van der Waals surface area contributed by atoms with Gasteiger partial charge in [-0.1, -0.05) is 33.8 Å². The number of hydrogen-bond acceptors (Lipinski definition) is 3. The zero-order valence-corrected chi connectivity index (χ0v) is 12.2. The monoisotopic (exact) mass is 255 g/mol. The molecule has 0 aromatic carbocycles. The highest BCUT2D eigenvalue weighted by molar-refractivity contribution is 7.10. The van der Waals surface area contributed by atoms with Crippen molar-refractivity contribution < 1.29 is 4.74 Å². The number of nitrogens with two attached hydrogens (primary N) is 1. The van der Waals surface area contributed by atoms with E-state index in [2.05, 4.69) is 45.2 Å². The van der Waals surface area contributed by atoms with Crippen LogP contribution >= 0.6 is 11.3 Å². The van der Waals surface area contributed by atoms with Crippen molar-refractivity contribution >= 4 is 11.3 Å². The van der Waals surface area contributed by atoms with Gasteiger partial charge in [-0.15, -0.1) is 11.3 Å². The lowest BCUT2D eigenvalue weighted by Gasteiger charge is -2.25. The summed E-state index contributed by atoms with van der Waals surface area (Å²) in [6, 6.07) is 4.26. The van der Waals surface area contributed by atoms with Crippen LogP contribution in [-0.2, 0) is 4.74 Å². The van der Waals surface area contributed by atoms with Crippen molar-refractivity contribution in [3.8, 4) is 0 Å². The molecule has 2 N–H and O–H groups in total. The molecule has 17 heavy (non-hydrogen) atoms. The lowest BCUT2D eigenvalue weighted by molar-refractivity contribution is 0.0221. The maximum atomic E-state index is 6.14. The predicted molar refractivity (Wildman–Crippen MR) is 75.4 cm³/mol. The van der Waals surface area contributed by atoms with E-state index in [1.807, 2.05) is 0 Å². The summed E-state index contributed by atoms with van der Waals surface area (Å²) in [6.45, 7) is 9.58. The summed E-state index contributed by atoms with van der Waals surface area (Å²) >= 11 is 1.73. The summed E-state index contributed by atoms with van der Waals surface area (Å²) in [5.74, 6) is 0. The number of ether oxygens (including phenoxy) is 1. The molecule has 0 aliphatic carbocycles. The third kappa shape index (κ3) is 5.19. The fourth-order valence-electron chi connectivity index (χ4n) is 1.58. The van der Waals surface area contributed by atoms with Crippen LogP contribution in [0.4, 0.5) is 0 Å². The molecule has 1 aromatic rings. The summed E-state index contributed by atoms with van der Waals surface area (Å²) in [5, 5.41) is 2.08. The molecule has 0 fully saturated rings. The maximum Gasteiger partial charge on any atom is 0.107 e. The van der Waals surface area contributed by atoms with Crippen LogP contribution in [0.3, 0.4) is 0 Å². The van der Waals surface area contributed by atoms with Gasteiger partial charge >= 0.3 is 0 Å². The van der Waals surface area contributed by atoms with Gasteiger partial charge in [-0.25, -0.2) is 0 Å². The highest BCUT2D eigenvalue weighted by atomic mass is 32.1. The van der Waals surface area contributed by atoms with E-state index < -0.39 is 0 Å². The van der Waals surface area contributed by atoms with Gasteiger partial charge in [0.05, 0.1) is 0 Å². The van der Waals surface area contributed by atoms with Crippen LogP contribution in [0.25, 0.3) is 0 Å². The predicted octanol–water partition coefficient (Wildman–Crippen LogP) is 3.98. The summed E-state index contributed by atoms with van der Waals surface area (Å²) in [7, 11) is 0. The largest absolute Gasteiger partial charge is 0.371 e. The fraction of sp³-hybridized carbons (Fsp3) is 0.714. The fourth-order valence-corrected chi connectivity index (χ4v) is 2.42. The van der Waals surface area contributed by atoms with Gasteiger partial charge in [0.2, 0.25) is 0 Å². The Morgan fingerprint density at radius 1 is 1.41 bits per heavy atom. The molecule has 98 valence electrons. The van der Waals surface area contributed by atoms with E-state index in [9.17, 15) is 0 Å². The van der Waals surface area contributed by atoms with Crippen molar-refractivity contribution in [2.75, 3.05) is 6.61 Å². The van der Waals surface area contributed by atoms with Crippen LogP contribution in [0.1, 0.15) is 51.5 Å². The Morgan fingerprint density at radius 2 is 2.12 bits per heavy atom. The molecule has 1 aromatic heterocycles. The molecule has 0 bridgehead atoms. The standard InChI is InChI=1S/C14H25NOS/c1-5-11(15)13(12-7-6-10-17-12)16-9-8-14(2,3)4/h6-7,10-11,13H,5,8-9,15H2,1-4H3. The number of thiophene rings is 1. The van der Waals surface area contributed by atoms with Crippen LogP contribution in [0.2, 0.25) is 0 Å². The second kappa shape index (κ2) is 6.53. The molecule has 0 aliphatic heterocycles. The first kappa shape index (κ1) is 14.7. The van der Waals surface area contributed by atoms with Crippen LogP contribution in [0.15, 0.2) is 17.5 Å². The quantitative estimate of drug-likeness (QED) is 0.834. The van der Waals surface area contributed by atoms with Crippen LogP contribution in [0.5, 0.6) is 0 Å². The Balaban J connectivity index is 2.54. The molecular formula is C14H25NOS. The van der Waals surface area contributed by atoms with Gasteiger partial charge in [0.15, 0.2) is 0 Å². The number of hydrogen-bond donors (Lipinski definition) is 1. The lowest BCUT2D eigenvalue weighted by Crippen LogP contribution is -2.29. The Hall–Kier alpha value is -0.380. The zero-order valence-electron chi connectivity index (χ0n) is 11.4. The van der Waals surface area contributed by atoms with Crippen LogP contribution in [-0.4, -0.2) is 12.6 Å². The second-order valence-electron chi connectivity index (χ2n) is 5.69. The number of rotatable bonds is 6. The summed E-state index contributed by atoms with van der Waals surface area (Å²) < 4.78 is 6.00. The van der Waals surface area contributed by atoms with E-state index >= 15 is 0 Å². The van der Waals surface area contributed by atoms with Gasteiger partial charge in [-0.05, 0) is 29.7 Å². The van der Waals surface area contributed by atoms with Crippen molar-refractivity contribution in [2.45, 2.75) is 52.7 Å². The Morgan fingerprint density at radius 3 is 2.59 bits per heavy atom. The van der Waals surface area contributed by atoms with Gasteiger partial charge in [-0.2, -0.15) is 0 Å². The average molecular weight is 255 g/mol. The minimum absolute atomic E-state index is 0.0577. The highest BCUT2D eigenvalue weighted by Gasteiger charge is 2.21. The molecule has 2 atom stereocenters. The van der Waals surface area contributed by atoms with Gasteiger partial charge in [0.25, 0.3) is 0 Å². The van der Waals surface area contributed by atoms with Crippen molar-refractivity contribution in [2.24, 2.45) is 11.1 Å². The molecule has 0 saturated heterocycles. The Bertz CT molecular complexity index is 303. The highest BCUT2D eigenvalue weighted by Crippen LogP contribution is 2.28. The first-order valence-electron chi connectivity index (χ1n) is 6.34. The van der Waals surface area contributed by atoms with Crippen molar-refractivity contribution in [3.05, 3.63) is 22.4 Å². The molecule has 2 nitrogen and oxygen atoms in total. The van der Waals surface area contributed by atoms with Gasteiger partial charge in [0, 0.05) is 17.5 Å². The molecule has 3 heteroatoms. The molecule has 1 heterocycles. The molecule has 1 rings (SSSR count). The average Bonchev–Trinajstić information content (AvgIpc) is 2.75. The maximum absolute atomic E-state index is 6.14. The summed E-state index contributed by atoms with van der Waals surface area (Å²) in [6.07, 6.45) is 2.06. The van der Waals surface area contributed by atoms with Crippen molar-refractivity contribution in [3.63, 3.8) is 0 Å². The van der Waals surface area contributed by atoms with Gasteiger partial charge in [0.1, 0.15) is 6.10 Å². The minimum atomic E-state index is 0.0577. The van der Waals surface area contributed by atoms with Crippen molar-refractivity contribution in [1.82, 2.24) is 0 Å². The molecule has 0 aliphatic rings. The molecule has 0 radical (unpaired) electrons. The topological polar surface area (TPSA) is 35.2 Å². The van der Waals surface area contributed by atoms with Gasteiger partial charge < -0.3 is 10.5 Å². The van der Waals surface area contributed by atoms with E-state index in [1.54, 1.807) is 11.3 Å². The Labute approximate surface area is 109 Å². The molecule has 0 spiro atoms. The summed E-state index contributed by atoms with van der Waals surface area (Å²) in [5.41, 5.74) is 6.46. The third-order valence-corrected chi connectivity index (χ3v) is 3.77. The molecule has 0 amide bonds. The summed E-state index contributed by atoms with van der Waals surface area (Å²) in [4.78, 5) is 1.24. The van der Waals surface area contributed by atoms with E-state index in [0.29, 0.717) is 5.41 Å². The first-order chi connectivity index (χ1) is 7.94. The molecular weight excluding hydrogens is 230 g/mol. The molecule has 0 saturated carbocycles. The van der Waals surface area contributed by atoms with Crippen LogP contribution in [0, 0.1) is 5.41 Å². The van der Waals surface area contributed by atoms with E-state index in [4.69, 9.17) is 10.5 Å². The Kier molecular flexibility index (Phi) is 5.63. The normalized spacial score (nSPS) is 15.8. The van der Waals surface area contributed by atoms with Crippen LogP contribution < -0.4 is 5.73 Å². The van der Waals surface area contributed by atoms with Gasteiger partial charge in [-0.3, -0.25) is 0 Å². The van der Waals surface area contributed by atoms with E-state index in [-0.39, 0.29) is 12.1 Å². The second-order valence-corrected chi connectivity index (χ2v) is 6.67. The first-order valence-corrected chi connectivity index (χ1v) is 7.22. The minimum Gasteiger partial charge on any atom is -0.371 e. The zero-order chi connectivity index (χ0) is 12.9. The van der Waals surface area contributed by atoms with Crippen molar-refractivity contribution in [1.29, 1.82) is 0 Å².